The van der Waals surface area contributed by atoms with Crippen LogP contribution in [0.1, 0.15) is 46.0 Å². The molecule has 0 bridgehead atoms. The van der Waals surface area contributed by atoms with Crippen LogP contribution >= 0.6 is 0 Å². The highest BCUT2D eigenvalue weighted by Gasteiger charge is 2.31. The second-order valence-corrected chi connectivity index (χ2v) is 6.51. The van der Waals surface area contributed by atoms with Gasteiger partial charge in [0.1, 0.15) is 0 Å². The Hall–Kier alpha value is -1.79. The van der Waals surface area contributed by atoms with Gasteiger partial charge in [-0.3, -0.25) is 9.59 Å². The minimum atomic E-state index is -0.297. The zero-order valence-electron chi connectivity index (χ0n) is 14.8. The lowest BCUT2D eigenvalue weighted by atomic mass is 10.0. The van der Waals surface area contributed by atoms with E-state index in [2.05, 4.69) is 0 Å². The molecule has 0 atom stereocenters. The lowest BCUT2D eigenvalue weighted by molar-refractivity contribution is -0.142. The summed E-state index contributed by atoms with van der Waals surface area (Å²) in [5, 5.41) is 0. The molecule has 0 aromatic carbocycles. The average Bonchev–Trinajstić information content (AvgIpc) is 2.60. The van der Waals surface area contributed by atoms with Gasteiger partial charge in [-0.25, -0.2) is 4.79 Å². The number of rotatable bonds is 4. The Kier molecular flexibility index (Phi) is 6.87. The normalized spacial score (nSPS) is 19.1. The highest BCUT2D eigenvalue weighted by atomic mass is 16.6. The number of likely N-dealkylation sites (tertiary alicyclic amines) is 2. The molecule has 0 aromatic heterocycles. The van der Waals surface area contributed by atoms with Crippen LogP contribution in [0.25, 0.3) is 0 Å². The molecule has 7 heteroatoms. The van der Waals surface area contributed by atoms with Crippen molar-refractivity contribution in [1.82, 2.24) is 14.7 Å². The van der Waals surface area contributed by atoms with Gasteiger partial charge in [0.2, 0.25) is 11.8 Å². The van der Waals surface area contributed by atoms with Crippen LogP contribution in [-0.4, -0.2) is 78.0 Å². The van der Waals surface area contributed by atoms with E-state index in [4.69, 9.17) is 4.74 Å². The number of amides is 3. The average molecular weight is 339 g/mol. The fraction of sp³-hybridized carbons (Fsp3) is 0.824. The zero-order valence-corrected chi connectivity index (χ0v) is 14.8. The van der Waals surface area contributed by atoms with Crippen LogP contribution in [0.3, 0.4) is 0 Å². The second kappa shape index (κ2) is 8.89. The van der Waals surface area contributed by atoms with Crippen molar-refractivity contribution in [3.05, 3.63) is 0 Å². The number of piperidine rings is 2. The fourth-order valence-corrected chi connectivity index (χ4v) is 3.46. The molecular weight excluding hydrogens is 310 g/mol. The topological polar surface area (TPSA) is 70.2 Å². The largest absolute Gasteiger partial charge is 0.450 e. The van der Waals surface area contributed by atoms with Gasteiger partial charge in [0.15, 0.2) is 0 Å². The smallest absolute Gasteiger partial charge is 0.409 e. The standard InChI is InChI=1S/C17H29N3O4/c1-3-24-17(23)19-11-7-15(8-12-19)20(14(2)21)13-16(22)18-9-5-4-6-10-18/h15H,3-13H2,1-2H3. The molecule has 7 nitrogen and oxygen atoms in total. The Labute approximate surface area is 143 Å². The summed E-state index contributed by atoms with van der Waals surface area (Å²) in [5.74, 6) is -0.0346. The van der Waals surface area contributed by atoms with E-state index in [9.17, 15) is 14.4 Å². The lowest BCUT2D eigenvalue weighted by Gasteiger charge is -2.38. The molecule has 2 heterocycles. The molecule has 0 aliphatic carbocycles. The molecule has 0 saturated carbocycles. The maximum Gasteiger partial charge on any atom is 0.409 e. The predicted octanol–water partition coefficient (Wildman–Crippen LogP) is 1.47. The third-order valence-corrected chi connectivity index (χ3v) is 4.85. The van der Waals surface area contributed by atoms with Crippen molar-refractivity contribution in [2.45, 2.75) is 52.0 Å². The summed E-state index contributed by atoms with van der Waals surface area (Å²) in [5.41, 5.74) is 0. The van der Waals surface area contributed by atoms with Crippen LogP contribution in [-0.2, 0) is 14.3 Å². The first kappa shape index (κ1) is 18.5. The van der Waals surface area contributed by atoms with Gasteiger partial charge in [-0.15, -0.1) is 0 Å². The molecule has 0 spiro atoms. The highest BCUT2D eigenvalue weighted by Crippen LogP contribution is 2.18. The van der Waals surface area contributed by atoms with Gasteiger partial charge < -0.3 is 19.4 Å². The van der Waals surface area contributed by atoms with Gasteiger partial charge in [0, 0.05) is 39.1 Å². The third-order valence-electron chi connectivity index (χ3n) is 4.85. The molecule has 136 valence electrons. The van der Waals surface area contributed by atoms with E-state index >= 15 is 0 Å². The van der Waals surface area contributed by atoms with E-state index in [0.717, 1.165) is 25.9 Å². The molecule has 0 N–H and O–H groups in total. The minimum absolute atomic E-state index is 0.0157. The van der Waals surface area contributed by atoms with Crippen LogP contribution in [0.5, 0.6) is 0 Å². The van der Waals surface area contributed by atoms with Crippen LogP contribution in [0, 0.1) is 0 Å². The SMILES string of the molecule is CCOC(=O)N1CCC(N(CC(=O)N2CCCCC2)C(C)=O)CC1. The monoisotopic (exact) mass is 339 g/mol. The number of carbonyl (C=O) groups excluding carboxylic acids is 3. The van der Waals surface area contributed by atoms with Crippen LogP contribution < -0.4 is 0 Å². The van der Waals surface area contributed by atoms with Crippen molar-refractivity contribution < 1.29 is 19.1 Å². The van der Waals surface area contributed by atoms with Crippen molar-refractivity contribution in [2.24, 2.45) is 0 Å². The first-order valence-electron chi connectivity index (χ1n) is 8.99. The molecule has 0 radical (unpaired) electrons. The molecule has 24 heavy (non-hydrogen) atoms. The number of ether oxygens (including phenoxy) is 1. The summed E-state index contributed by atoms with van der Waals surface area (Å²) in [6.45, 7) is 6.53. The van der Waals surface area contributed by atoms with Crippen LogP contribution in [0.2, 0.25) is 0 Å². The summed E-state index contributed by atoms with van der Waals surface area (Å²) in [4.78, 5) is 41.5. The lowest BCUT2D eigenvalue weighted by Crippen LogP contribution is -2.52. The van der Waals surface area contributed by atoms with Crippen LogP contribution in [0.15, 0.2) is 0 Å². The van der Waals surface area contributed by atoms with E-state index in [1.807, 2.05) is 4.90 Å². The Balaban J connectivity index is 1.88. The highest BCUT2D eigenvalue weighted by molar-refractivity contribution is 5.84. The Morgan fingerprint density at radius 1 is 1.00 bits per heavy atom. The van der Waals surface area contributed by atoms with Crippen molar-refractivity contribution in [1.29, 1.82) is 0 Å². The number of hydrogen-bond donors (Lipinski definition) is 0. The number of carbonyl (C=O) groups is 3. The molecule has 0 unspecified atom stereocenters. The molecule has 2 aliphatic heterocycles. The number of nitrogens with zero attached hydrogens (tertiary/aromatic N) is 3. The predicted molar refractivity (Wildman–Crippen MR) is 89.4 cm³/mol. The van der Waals surface area contributed by atoms with Gasteiger partial charge >= 0.3 is 6.09 Å². The van der Waals surface area contributed by atoms with E-state index in [1.165, 1.54) is 13.3 Å². The first-order valence-corrected chi connectivity index (χ1v) is 8.99. The first-order chi connectivity index (χ1) is 11.5. The Morgan fingerprint density at radius 3 is 2.17 bits per heavy atom. The summed E-state index contributed by atoms with van der Waals surface area (Å²) in [7, 11) is 0. The maximum absolute atomic E-state index is 12.5. The van der Waals surface area contributed by atoms with Gasteiger partial charge in [-0.05, 0) is 39.0 Å². The number of hydrogen-bond acceptors (Lipinski definition) is 4. The third kappa shape index (κ3) is 4.85. The molecule has 2 fully saturated rings. The Bertz CT molecular complexity index is 455. The van der Waals surface area contributed by atoms with Crippen molar-refractivity contribution in [2.75, 3.05) is 39.3 Å². The van der Waals surface area contributed by atoms with Gasteiger partial charge in [-0.2, -0.15) is 0 Å². The van der Waals surface area contributed by atoms with Gasteiger partial charge in [0.25, 0.3) is 0 Å². The summed E-state index contributed by atoms with van der Waals surface area (Å²) in [6, 6.07) is 0.0157. The summed E-state index contributed by atoms with van der Waals surface area (Å²) >= 11 is 0. The molecule has 2 saturated heterocycles. The molecule has 2 aliphatic rings. The van der Waals surface area contributed by atoms with Gasteiger partial charge in [0.05, 0.1) is 13.2 Å². The molecule has 3 amide bonds. The molecule has 2 rings (SSSR count). The second-order valence-electron chi connectivity index (χ2n) is 6.51. The fourth-order valence-electron chi connectivity index (χ4n) is 3.46. The molecular formula is C17H29N3O4. The zero-order chi connectivity index (χ0) is 17.5. The van der Waals surface area contributed by atoms with Crippen molar-refractivity contribution in [3.8, 4) is 0 Å². The van der Waals surface area contributed by atoms with Crippen molar-refractivity contribution >= 4 is 17.9 Å². The van der Waals surface area contributed by atoms with Crippen LogP contribution in [0.4, 0.5) is 4.79 Å². The van der Waals surface area contributed by atoms with E-state index in [-0.39, 0.29) is 30.5 Å². The summed E-state index contributed by atoms with van der Waals surface area (Å²) in [6.07, 6.45) is 4.34. The van der Waals surface area contributed by atoms with Gasteiger partial charge in [-0.1, -0.05) is 0 Å². The van der Waals surface area contributed by atoms with E-state index in [0.29, 0.717) is 32.5 Å². The van der Waals surface area contributed by atoms with E-state index < -0.39 is 0 Å². The molecule has 0 aromatic rings. The maximum atomic E-state index is 12.5. The van der Waals surface area contributed by atoms with Crippen molar-refractivity contribution in [3.63, 3.8) is 0 Å². The minimum Gasteiger partial charge on any atom is -0.450 e. The Morgan fingerprint density at radius 2 is 1.62 bits per heavy atom. The summed E-state index contributed by atoms with van der Waals surface area (Å²) < 4.78 is 5.01. The quantitative estimate of drug-likeness (QED) is 0.778. The van der Waals surface area contributed by atoms with E-state index in [1.54, 1.807) is 16.7 Å².